The number of carbonyl (C=O) groups is 1. The Kier molecular flexibility index (Phi) is 7.61. The van der Waals surface area contributed by atoms with E-state index in [0.29, 0.717) is 10.0 Å². The molecule has 28 heavy (non-hydrogen) atoms. The van der Waals surface area contributed by atoms with Gasteiger partial charge < -0.3 is 20.1 Å². The van der Waals surface area contributed by atoms with Gasteiger partial charge in [0.2, 0.25) is 0 Å². The summed E-state index contributed by atoms with van der Waals surface area (Å²) in [5.74, 6) is -0.213. The van der Waals surface area contributed by atoms with E-state index < -0.39 is 18.1 Å². The third kappa shape index (κ3) is 8.26. The fourth-order valence-electron chi connectivity index (χ4n) is 3.06. The van der Waals surface area contributed by atoms with E-state index in [1.807, 2.05) is 20.8 Å². The molecule has 5 nitrogen and oxygen atoms in total. The number of nitrogens with one attached hydrogen (secondary N) is 2. The van der Waals surface area contributed by atoms with Gasteiger partial charge in [0.25, 0.3) is 0 Å². The monoisotopic (exact) mass is 466 g/mol. The first-order chi connectivity index (χ1) is 12.9. The number of alkyl halides is 3. The Morgan fingerprint density at radius 3 is 2.32 bits per heavy atom. The van der Waals surface area contributed by atoms with Gasteiger partial charge in [-0.2, -0.15) is 0 Å². The van der Waals surface area contributed by atoms with Gasteiger partial charge in [0.15, 0.2) is 0 Å². The predicted molar refractivity (Wildman–Crippen MR) is 103 cm³/mol. The van der Waals surface area contributed by atoms with Crippen LogP contribution in [0.25, 0.3) is 0 Å². The smallest absolute Gasteiger partial charge is 0.444 e. The van der Waals surface area contributed by atoms with Gasteiger partial charge in [0.05, 0.1) is 0 Å². The summed E-state index contributed by atoms with van der Waals surface area (Å²) >= 11 is 3.16. The molecule has 0 heterocycles. The Labute approximate surface area is 171 Å². The Bertz CT molecular complexity index is 669. The highest BCUT2D eigenvalue weighted by Gasteiger charge is 2.32. The molecule has 1 aromatic rings. The van der Waals surface area contributed by atoms with E-state index in [2.05, 4.69) is 31.3 Å². The number of amides is 1. The van der Waals surface area contributed by atoms with Crippen LogP contribution in [-0.2, 0) is 11.3 Å². The van der Waals surface area contributed by atoms with Crippen molar-refractivity contribution in [1.29, 1.82) is 0 Å². The lowest BCUT2D eigenvalue weighted by molar-refractivity contribution is -0.274. The van der Waals surface area contributed by atoms with Crippen LogP contribution in [0.15, 0.2) is 22.7 Å². The summed E-state index contributed by atoms with van der Waals surface area (Å²) in [6.45, 7) is 5.71. The van der Waals surface area contributed by atoms with Crippen molar-refractivity contribution in [1.82, 2.24) is 10.6 Å². The zero-order valence-electron chi connectivity index (χ0n) is 16.2. The van der Waals surface area contributed by atoms with Gasteiger partial charge in [-0.05, 0) is 58.6 Å². The minimum absolute atomic E-state index is 0.0460. The predicted octanol–water partition coefficient (Wildman–Crippen LogP) is 5.27. The van der Waals surface area contributed by atoms with E-state index in [0.717, 1.165) is 25.7 Å². The van der Waals surface area contributed by atoms with E-state index >= 15 is 0 Å². The highest BCUT2D eigenvalue weighted by molar-refractivity contribution is 9.10. The molecule has 1 fully saturated rings. The first-order valence-corrected chi connectivity index (χ1v) is 9.98. The molecule has 9 heteroatoms. The number of halogens is 4. The molecular formula is C19H26BrF3N2O3. The minimum atomic E-state index is -4.74. The zero-order valence-corrected chi connectivity index (χ0v) is 17.7. The molecule has 158 valence electrons. The van der Waals surface area contributed by atoms with Crippen LogP contribution in [0.5, 0.6) is 5.75 Å². The number of hydrogen-bond acceptors (Lipinski definition) is 4. The Morgan fingerprint density at radius 1 is 1.14 bits per heavy atom. The van der Waals surface area contributed by atoms with Crippen LogP contribution in [-0.4, -0.2) is 30.1 Å². The van der Waals surface area contributed by atoms with Crippen LogP contribution in [0.3, 0.4) is 0 Å². The highest BCUT2D eigenvalue weighted by atomic mass is 79.9. The third-order valence-electron chi connectivity index (χ3n) is 4.28. The molecule has 1 aromatic carbocycles. The molecule has 1 aliphatic rings. The lowest BCUT2D eigenvalue weighted by atomic mass is 9.91. The molecule has 0 saturated heterocycles. The standard InChI is InChI=1S/C19H26BrF3N2O3/c1-18(2,3)28-17(26)25-15-8-6-14(7-9-15)24-11-12-4-5-13(20)10-16(12)27-19(21,22)23/h4-5,10,14-15,24H,6-9,11H2,1-3H3,(H,25,26)/t14-,15+. The van der Waals surface area contributed by atoms with Gasteiger partial charge >= 0.3 is 12.5 Å². The summed E-state index contributed by atoms with van der Waals surface area (Å²) in [6.07, 6.45) is -1.97. The first kappa shape index (κ1) is 22.8. The molecule has 0 atom stereocenters. The van der Waals surface area contributed by atoms with Gasteiger partial charge in [-0.25, -0.2) is 4.79 Å². The molecule has 0 bridgehead atoms. The topological polar surface area (TPSA) is 59.6 Å². The van der Waals surface area contributed by atoms with Crippen LogP contribution < -0.4 is 15.4 Å². The van der Waals surface area contributed by atoms with Crippen LogP contribution in [0.4, 0.5) is 18.0 Å². The van der Waals surface area contributed by atoms with Crippen molar-refractivity contribution in [3.05, 3.63) is 28.2 Å². The average molecular weight is 467 g/mol. The second kappa shape index (κ2) is 9.35. The highest BCUT2D eigenvalue weighted by Crippen LogP contribution is 2.30. The lowest BCUT2D eigenvalue weighted by Crippen LogP contribution is -2.43. The molecule has 1 saturated carbocycles. The number of rotatable bonds is 5. The van der Waals surface area contributed by atoms with Gasteiger partial charge in [-0.3, -0.25) is 0 Å². The second-order valence-corrected chi connectivity index (χ2v) is 8.79. The minimum Gasteiger partial charge on any atom is -0.444 e. The Balaban J connectivity index is 1.82. The molecule has 0 radical (unpaired) electrons. The number of carbonyl (C=O) groups excluding carboxylic acids is 1. The fraction of sp³-hybridized carbons (Fsp3) is 0.632. The first-order valence-electron chi connectivity index (χ1n) is 9.18. The lowest BCUT2D eigenvalue weighted by Gasteiger charge is -2.30. The SMILES string of the molecule is CC(C)(C)OC(=O)N[C@H]1CC[C@@H](NCc2ccc(Br)cc2OC(F)(F)F)CC1. The summed E-state index contributed by atoms with van der Waals surface area (Å²) in [5, 5.41) is 6.16. The van der Waals surface area contributed by atoms with Crippen LogP contribution in [0, 0.1) is 0 Å². The number of ether oxygens (including phenoxy) is 2. The molecule has 2 N–H and O–H groups in total. The maximum Gasteiger partial charge on any atom is 0.573 e. The summed E-state index contributed by atoms with van der Waals surface area (Å²) in [5.41, 5.74) is -0.0986. The van der Waals surface area contributed by atoms with E-state index in [1.165, 1.54) is 6.07 Å². The van der Waals surface area contributed by atoms with Gasteiger partial charge in [0.1, 0.15) is 11.4 Å². The molecule has 0 spiro atoms. The zero-order chi connectivity index (χ0) is 20.9. The Hall–Kier alpha value is -1.48. The maximum absolute atomic E-state index is 12.6. The molecular weight excluding hydrogens is 441 g/mol. The van der Waals surface area contributed by atoms with Crippen molar-refractivity contribution < 1.29 is 27.4 Å². The number of hydrogen-bond donors (Lipinski definition) is 2. The summed E-state index contributed by atoms with van der Waals surface area (Å²) in [6, 6.07) is 4.81. The molecule has 2 rings (SSSR count). The van der Waals surface area contributed by atoms with Crippen molar-refractivity contribution in [3.8, 4) is 5.75 Å². The van der Waals surface area contributed by atoms with E-state index in [-0.39, 0.29) is 24.4 Å². The fourth-order valence-corrected chi connectivity index (χ4v) is 3.40. The summed E-state index contributed by atoms with van der Waals surface area (Å²) < 4.78 is 47.7. The van der Waals surface area contributed by atoms with Crippen LogP contribution in [0.1, 0.15) is 52.0 Å². The number of alkyl carbamates (subject to hydrolysis) is 1. The van der Waals surface area contributed by atoms with Crippen molar-refractivity contribution in [3.63, 3.8) is 0 Å². The molecule has 1 amide bonds. The average Bonchev–Trinajstić information content (AvgIpc) is 2.52. The molecule has 0 unspecified atom stereocenters. The van der Waals surface area contributed by atoms with E-state index in [1.54, 1.807) is 12.1 Å². The quantitative estimate of drug-likeness (QED) is 0.620. The van der Waals surface area contributed by atoms with E-state index in [9.17, 15) is 18.0 Å². The van der Waals surface area contributed by atoms with Crippen LogP contribution >= 0.6 is 15.9 Å². The van der Waals surface area contributed by atoms with E-state index in [4.69, 9.17) is 4.74 Å². The normalized spacial score (nSPS) is 20.5. The number of benzene rings is 1. The maximum atomic E-state index is 12.6. The van der Waals surface area contributed by atoms with Crippen molar-refractivity contribution >= 4 is 22.0 Å². The summed E-state index contributed by atoms with van der Waals surface area (Å²) in [4.78, 5) is 11.8. The van der Waals surface area contributed by atoms with Gasteiger partial charge in [-0.15, -0.1) is 13.2 Å². The third-order valence-corrected chi connectivity index (χ3v) is 4.78. The van der Waals surface area contributed by atoms with Gasteiger partial charge in [-0.1, -0.05) is 22.0 Å². The molecule has 0 aromatic heterocycles. The summed E-state index contributed by atoms with van der Waals surface area (Å²) in [7, 11) is 0. The van der Waals surface area contributed by atoms with Crippen molar-refractivity contribution in [2.75, 3.05) is 0 Å². The van der Waals surface area contributed by atoms with Crippen molar-refractivity contribution in [2.24, 2.45) is 0 Å². The largest absolute Gasteiger partial charge is 0.573 e. The van der Waals surface area contributed by atoms with Crippen LogP contribution in [0.2, 0.25) is 0 Å². The molecule has 1 aliphatic carbocycles. The molecule has 0 aliphatic heterocycles. The second-order valence-electron chi connectivity index (χ2n) is 7.88. The van der Waals surface area contributed by atoms with Crippen molar-refractivity contribution in [2.45, 2.75) is 77.0 Å². The Morgan fingerprint density at radius 2 is 1.75 bits per heavy atom. The van der Waals surface area contributed by atoms with Gasteiger partial charge in [0, 0.05) is 28.7 Å².